The molecule has 2 aliphatic carbocycles. The Morgan fingerprint density at radius 1 is 1.16 bits per heavy atom. The van der Waals surface area contributed by atoms with Crippen LogP contribution in [0.5, 0.6) is 0 Å². The van der Waals surface area contributed by atoms with Crippen LogP contribution in [0.1, 0.15) is 48.9 Å². The van der Waals surface area contributed by atoms with E-state index in [-0.39, 0.29) is 17.0 Å². The van der Waals surface area contributed by atoms with Crippen molar-refractivity contribution < 1.29 is 13.0 Å². The van der Waals surface area contributed by atoms with Gasteiger partial charge in [-0.15, -0.1) is 0 Å². The number of anilines is 1. The third-order valence-corrected chi connectivity index (χ3v) is 7.73. The number of hydrogen-bond donors (Lipinski definition) is 1. The minimum atomic E-state index is -4.35. The van der Waals surface area contributed by atoms with Crippen molar-refractivity contribution in [2.75, 3.05) is 5.01 Å². The van der Waals surface area contributed by atoms with Crippen molar-refractivity contribution in [1.29, 1.82) is 5.26 Å². The highest BCUT2D eigenvalue weighted by molar-refractivity contribution is 7.85. The minimum Gasteiger partial charge on any atom is -0.281 e. The first-order valence-corrected chi connectivity index (χ1v) is 12.2. The van der Waals surface area contributed by atoms with Gasteiger partial charge in [0.25, 0.3) is 0 Å². The molecule has 1 saturated carbocycles. The standard InChI is InChI=1S/C22H21ClN4O3S/c23-18-11-15(6-5-14(18)12-24)27-22(13-3-1-2-4-13)17-7-9-19-16(21(17)26-27)8-10-20(25-19)31(28,29)30/h5-6,8,10-11,13,17,22H,1-4,7,9H2,(H,28,29,30). The Hall–Kier alpha value is -2.47. The molecule has 2 unspecified atom stereocenters. The van der Waals surface area contributed by atoms with E-state index in [0.29, 0.717) is 28.6 Å². The first-order valence-electron chi connectivity index (χ1n) is 10.4. The monoisotopic (exact) mass is 456 g/mol. The SMILES string of the molecule is N#Cc1ccc(N2N=C3c4ccc(S(=O)(=O)O)nc4CCC3C2C2CCCC2)cc1Cl. The maximum Gasteiger partial charge on any atom is 0.312 e. The molecule has 2 heterocycles. The lowest BCUT2D eigenvalue weighted by Gasteiger charge is -2.34. The van der Waals surface area contributed by atoms with E-state index in [4.69, 9.17) is 16.7 Å². The lowest BCUT2D eigenvalue weighted by molar-refractivity contribution is 0.352. The van der Waals surface area contributed by atoms with Gasteiger partial charge < -0.3 is 0 Å². The molecule has 0 radical (unpaired) electrons. The second-order valence-corrected chi connectivity index (χ2v) is 10.2. The molecule has 0 saturated heterocycles. The van der Waals surface area contributed by atoms with E-state index < -0.39 is 10.1 Å². The molecular formula is C22H21ClN4O3S. The second kappa shape index (κ2) is 7.59. The van der Waals surface area contributed by atoms with E-state index in [1.54, 1.807) is 18.2 Å². The van der Waals surface area contributed by atoms with Crippen LogP contribution in [0.4, 0.5) is 5.69 Å². The van der Waals surface area contributed by atoms with Gasteiger partial charge in [0.15, 0.2) is 5.03 Å². The number of rotatable bonds is 3. The highest BCUT2D eigenvalue weighted by atomic mass is 35.5. The summed E-state index contributed by atoms with van der Waals surface area (Å²) in [6.45, 7) is 0. The molecule has 0 bridgehead atoms. The molecule has 1 aromatic carbocycles. The molecule has 1 N–H and O–H groups in total. The number of pyridine rings is 1. The molecule has 1 aromatic heterocycles. The zero-order valence-corrected chi connectivity index (χ0v) is 18.3. The normalized spacial score (nSPS) is 23.3. The van der Waals surface area contributed by atoms with Crippen molar-refractivity contribution >= 4 is 33.1 Å². The average Bonchev–Trinajstić information content (AvgIpc) is 3.40. The highest BCUT2D eigenvalue weighted by Gasteiger charge is 2.46. The largest absolute Gasteiger partial charge is 0.312 e. The Balaban J connectivity index is 1.60. The van der Waals surface area contributed by atoms with Crippen LogP contribution in [0.2, 0.25) is 5.02 Å². The lowest BCUT2D eigenvalue weighted by Crippen LogP contribution is -2.40. The molecule has 9 heteroatoms. The third-order valence-electron chi connectivity index (χ3n) is 6.66. The van der Waals surface area contributed by atoms with Crippen molar-refractivity contribution in [2.24, 2.45) is 16.9 Å². The number of hydrogen-bond acceptors (Lipinski definition) is 6. The summed E-state index contributed by atoms with van der Waals surface area (Å²) in [6, 6.07) is 10.7. The smallest absolute Gasteiger partial charge is 0.281 e. The van der Waals surface area contributed by atoms with Crippen LogP contribution >= 0.6 is 11.6 Å². The molecule has 2 aromatic rings. The molecule has 5 rings (SSSR count). The predicted molar refractivity (Wildman–Crippen MR) is 117 cm³/mol. The summed E-state index contributed by atoms with van der Waals surface area (Å²) in [6.07, 6.45) is 6.17. The minimum absolute atomic E-state index is 0.191. The van der Waals surface area contributed by atoms with Gasteiger partial charge in [-0.1, -0.05) is 24.4 Å². The molecule has 0 amide bonds. The van der Waals surface area contributed by atoms with Crippen molar-refractivity contribution in [1.82, 2.24) is 4.98 Å². The average molecular weight is 457 g/mol. The molecule has 1 fully saturated rings. The van der Waals surface area contributed by atoms with Gasteiger partial charge in [0, 0.05) is 11.5 Å². The Morgan fingerprint density at radius 2 is 1.94 bits per heavy atom. The first kappa shape index (κ1) is 20.4. The number of halogens is 1. The number of aromatic nitrogens is 1. The van der Waals surface area contributed by atoms with Gasteiger partial charge in [0.1, 0.15) is 6.07 Å². The Labute approximate surface area is 186 Å². The van der Waals surface area contributed by atoms with Gasteiger partial charge in [-0.25, -0.2) is 4.98 Å². The molecule has 2 atom stereocenters. The van der Waals surface area contributed by atoms with Crippen molar-refractivity contribution in [3.8, 4) is 6.07 Å². The zero-order valence-electron chi connectivity index (χ0n) is 16.7. The molecule has 31 heavy (non-hydrogen) atoms. The number of nitrogens with zero attached hydrogens (tertiary/aromatic N) is 4. The fourth-order valence-electron chi connectivity index (χ4n) is 5.29. The van der Waals surface area contributed by atoms with E-state index in [1.165, 1.54) is 18.9 Å². The van der Waals surface area contributed by atoms with Gasteiger partial charge in [-0.05, 0) is 61.9 Å². The van der Waals surface area contributed by atoms with Gasteiger partial charge in [-0.3, -0.25) is 9.56 Å². The Bertz CT molecular complexity index is 1230. The number of fused-ring (bicyclic) bond motifs is 3. The number of nitriles is 1. The molecule has 160 valence electrons. The first-order chi connectivity index (χ1) is 14.9. The third kappa shape index (κ3) is 3.51. The summed E-state index contributed by atoms with van der Waals surface area (Å²) in [4.78, 5) is 4.21. The Morgan fingerprint density at radius 3 is 2.61 bits per heavy atom. The molecule has 1 aliphatic heterocycles. The van der Waals surface area contributed by atoms with Crippen LogP contribution in [0.15, 0.2) is 40.5 Å². The lowest BCUT2D eigenvalue weighted by atomic mass is 9.76. The summed E-state index contributed by atoms with van der Waals surface area (Å²) < 4.78 is 32.4. The van der Waals surface area contributed by atoms with Gasteiger partial charge in [-0.2, -0.15) is 18.8 Å². The quantitative estimate of drug-likeness (QED) is 0.693. The maximum absolute atomic E-state index is 11.5. The zero-order chi connectivity index (χ0) is 21.8. The fraction of sp³-hybridized carbons (Fsp3) is 0.409. The van der Waals surface area contributed by atoms with Gasteiger partial charge in [0.05, 0.1) is 33.7 Å². The van der Waals surface area contributed by atoms with Crippen LogP contribution in [-0.2, 0) is 16.5 Å². The summed E-state index contributed by atoms with van der Waals surface area (Å²) >= 11 is 6.32. The molecule has 7 nitrogen and oxygen atoms in total. The topological polar surface area (TPSA) is 107 Å². The highest BCUT2D eigenvalue weighted by Crippen LogP contribution is 2.45. The van der Waals surface area contributed by atoms with E-state index in [1.807, 2.05) is 6.07 Å². The molecule has 3 aliphatic rings. The van der Waals surface area contributed by atoms with Crippen molar-refractivity contribution in [3.05, 3.63) is 52.2 Å². The van der Waals surface area contributed by atoms with Crippen LogP contribution < -0.4 is 5.01 Å². The summed E-state index contributed by atoms with van der Waals surface area (Å²) in [7, 11) is -4.35. The van der Waals surface area contributed by atoms with Gasteiger partial charge in [0.2, 0.25) is 0 Å². The second-order valence-electron chi connectivity index (χ2n) is 8.40. The maximum atomic E-state index is 11.5. The Kier molecular flexibility index (Phi) is 5.00. The summed E-state index contributed by atoms with van der Waals surface area (Å²) in [5.41, 5.74) is 3.68. The van der Waals surface area contributed by atoms with E-state index in [0.717, 1.165) is 36.2 Å². The van der Waals surface area contributed by atoms with Crippen molar-refractivity contribution in [2.45, 2.75) is 49.6 Å². The van der Waals surface area contributed by atoms with Crippen LogP contribution in [0.3, 0.4) is 0 Å². The van der Waals surface area contributed by atoms with Crippen LogP contribution in [-0.4, -0.2) is 29.7 Å². The van der Waals surface area contributed by atoms with E-state index in [2.05, 4.69) is 16.1 Å². The van der Waals surface area contributed by atoms with Crippen LogP contribution in [0, 0.1) is 23.2 Å². The number of aryl methyl sites for hydroxylation is 1. The predicted octanol–water partition coefficient (Wildman–Crippen LogP) is 4.20. The fourth-order valence-corrected chi connectivity index (χ4v) is 5.97. The number of benzene rings is 1. The van der Waals surface area contributed by atoms with E-state index in [9.17, 15) is 18.2 Å². The summed E-state index contributed by atoms with van der Waals surface area (Å²) in [5.74, 6) is 0.718. The van der Waals surface area contributed by atoms with Crippen molar-refractivity contribution in [3.63, 3.8) is 0 Å². The molecule has 0 spiro atoms. The van der Waals surface area contributed by atoms with Crippen LogP contribution in [0.25, 0.3) is 0 Å². The summed E-state index contributed by atoms with van der Waals surface area (Å²) in [5, 5.41) is 16.3. The molecular weight excluding hydrogens is 436 g/mol. The number of hydrazone groups is 1. The van der Waals surface area contributed by atoms with E-state index >= 15 is 0 Å². The van der Waals surface area contributed by atoms with Gasteiger partial charge >= 0.3 is 10.1 Å².